The number of oxime groups is 1. The van der Waals surface area contributed by atoms with Gasteiger partial charge in [0.2, 0.25) is 0 Å². The number of carbonyl (C=O) groups excluding carboxylic acids is 1. The van der Waals surface area contributed by atoms with Gasteiger partial charge in [0.1, 0.15) is 5.71 Å². The summed E-state index contributed by atoms with van der Waals surface area (Å²) in [6, 6.07) is 0. The summed E-state index contributed by atoms with van der Waals surface area (Å²) in [6.07, 6.45) is 2.81. The van der Waals surface area contributed by atoms with E-state index in [0.717, 1.165) is 0 Å². The number of allylic oxidation sites excluding steroid dienone is 1. The maximum atomic E-state index is 10.6. The van der Waals surface area contributed by atoms with Crippen LogP contribution in [0.5, 0.6) is 0 Å². The van der Waals surface area contributed by atoms with Crippen LogP contribution >= 0.6 is 0 Å². The molecule has 3 nitrogen and oxygen atoms in total. The molecule has 0 aliphatic rings. The molecule has 0 aromatic rings. The van der Waals surface area contributed by atoms with E-state index in [0.29, 0.717) is 12.8 Å². The summed E-state index contributed by atoms with van der Waals surface area (Å²) in [4.78, 5) is 10.6. The zero-order valence-electron chi connectivity index (χ0n) is 6.00. The average molecular weight is 141 g/mol. The van der Waals surface area contributed by atoms with Gasteiger partial charge in [-0.25, -0.2) is 0 Å². The SMILES string of the molecule is C=CCC/C(=N/O)C(C)=O. The first kappa shape index (κ1) is 8.88. The number of carbonyl (C=O) groups is 1. The van der Waals surface area contributed by atoms with Crippen molar-refractivity contribution in [1.29, 1.82) is 0 Å². The van der Waals surface area contributed by atoms with E-state index in [1.807, 2.05) is 0 Å². The largest absolute Gasteiger partial charge is 0.411 e. The molecule has 0 spiro atoms. The van der Waals surface area contributed by atoms with Gasteiger partial charge < -0.3 is 5.21 Å². The third-order valence-corrected chi connectivity index (χ3v) is 1.11. The number of ketones is 1. The summed E-state index contributed by atoms with van der Waals surface area (Å²) in [6.45, 7) is 4.85. The first-order valence-electron chi connectivity index (χ1n) is 3.05. The summed E-state index contributed by atoms with van der Waals surface area (Å²) >= 11 is 0. The van der Waals surface area contributed by atoms with Crippen LogP contribution in [0.15, 0.2) is 17.8 Å². The fraction of sp³-hybridized carbons (Fsp3) is 0.429. The molecule has 0 heterocycles. The van der Waals surface area contributed by atoms with Gasteiger partial charge in [-0.05, 0) is 6.42 Å². The molecule has 0 fully saturated rings. The Bertz CT molecular complexity index is 161. The summed E-state index contributed by atoms with van der Waals surface area (Å²) in [7, 11) is 0. The number of rotatable bonds is 4. The van der Waals surface area contributed by atoms with Crippen molar-refractivity contribution in [2.24, 2.45) is 5.16 Å². The third kappa shape index (κ3) is 3.02. The summed E-state index contributed by atoms with van der Waals surface area (Å²) in [5.41, 5.74) is 0.208. The summed E-state index contributed by atoms with van der Waals surface area (Å²) in [5.74, 6) is -0.190. The van der Waals surface area contributed by atoms with E-state index in [9.17, 15) is 4.79 Å². The Morgan fingerprint density at radius 2 is 2.40 bits per heavy atom. The molecule has 0 aromatic carbocycles. The predicted molar refractivity (Wildman–Crippen MR) is 39.3 cm³/mol. The molecule has 0 rings (SSSR count). The third-order valence-electron chi connectivity index (χ3n) is 1.11. The van der Waals surface area contributed by atoms with Crippen LogP contribution in [-0.2, 0) is 4.79 Å². The van der Waals surface area contributed by atoms with Gasteiger partial charge in [-0.2, -0.15) is 0 Å². The van der Waals surface area contributed by atoms with Crippen molar-refractivity contribution in [3.05, 3.63) is 12.7 Å². The highest BCUT2D eigenvalue weighted by Gasteiger charge is 2.03. The molecular weight excluding hydrogens is 130 g/mol. The molecule has 0 unspecified atom stereocenters. The van der Waals surface area contributed by atoms with Gasteiger partial charge in [0.05, 0.1) is 0 Å². The van der Waals surface area contributed by atoms with Crippen molar-refractivity contribution in [3.8, 4) is 0 Å². The highest BCUT2D eigenvalue weighted by molar-refractivity contribution is 6.38. The van der Waals surface area contributed by atoms with Crippen LogP contribution in [0.1, 0.15) is 19.8 Å². The smallest absolute Gasteiger partial charge is 0.177 e. The normalized spacial score (nSPS) is 11.1. The monoisotopic (exact) mass is 141 g/mol. The van der Waals surface area contributed by atoms with Gasteiger partial charge >= 0.3 is 0 Å². The van der Waals surface area contributed by atoms with Gasteiger partial charge in [0.25, 0.3) is 0 Å². The fourth-order valence-electron chi connectivity index (χ4n) is 0.535. The number of nitrogens with zero attached hydrogens (tertiary/aromatic N) is 1. The van der Waals surface area contributed by atoms with Crippen LogP contribution in [0.25, 0.3) is 0 Å². The zero-order valence-corrected chi connectivity index (χ0v) is 6.00. The molecule has 0 amide bonds. The predicted octanol–water partition coefficient (Wildman–Crippen LogP) is 1.37. The number of hydrogen-bond acceptors (Lipinski definition) is 3. The molecule has 0 atom stereocenters. The molecule has 0 saturated carbocycles. The van der Waals surface area contributed by atoms with Crippen molar-refractivity contribution < 1.29 is 10.0 Å². The lowest BCUT2D eigenvalue weighted by molar-refractivity contribution is -0.111. The van der Waals surface area contributed by atoms with Gasteiger partial charge in [0, 0.05) is 13.3 Å². The molecule has 0 bridgehead atoms. The van der Waals surface area contributed by atoms with Crippen molar-refractivity contribution in [1.82, 2.24) is 0 Å². The Balaban J connectivity index is 3.85. The average Bonchev–Trinajstić information content (AvgIpc) is 1.89. The quantitative estimate of drug-likeness (QED) is 0.278. The van der Waals surface area contributed by atoms with Gasteiger partial charge in [-0.3, -0.25) is 4.79 Å². The van der Waals surface area contributed by atoms with Gasteiger partial charge in [-0.1, -0.05) is 11.2 Å². The van der Waals surface area contributed by atoms with Crippen LogP contribution in [0.4, 0.5) is 0 Å². The van der Waals surface area contributed by atoms with Crippen LogP contribution in [-0.4, -0.2) is 16.7 Å². The molecule has 1 N–H and O–H groups in total. The van der Waals surface area contributed by atoms with Crippen molar-refractivity contribution >= 4 is 11.5 Å². The van der Waals surface area contributed by atoms with Crippen molar-refractivity contribution in [2.75, 3.05) is 0 Å². The highest BCUT2D eigenvalue weighted by Crippen LogP contribution is 1.94. The molecule has 0 aliphatic carbocycles. The van der Waals surface area contributed by atoms with E-state index < -0.39 is 0 Å². The fourth-order valence-corrected chi connectivity index (χ4v) is 0.535. The second-order valence-electron chi connectivity index (χ2n) is 1.93. The lowest BCUT2D eigenvalue weighted by Gasteiger charge is -1.94. The molecule has 10 heavy (non-hydrogen) atoms. The molecule has 0 aromatic heterocycles. The lowest BCUT2D eigenvalue weighted by atomic mass is 10.1. The first-order chi connectivity index (χ1) is 4.72. The topological polar surface area (TPSA) is 49.7 Å². The molecule has 3 heteroatoms. The standard InChI is InChI=1S/C7H11NO2/c1-3-4-5-7(8-10)6(2)9/h3,10H,1,4-5H2,2H3/b8-7-. The second-order valence-corrected chi connectivity index (χ2v) is 1.93. The van der Waals surface area contributed by atoms with E-state index in [1.165, 1.54) is 6.92 Å². The van der Waals surface area contributed by atoms with E-state index in [-0.39, 0.29) is 11.5 Å². The van der Waals surface area contributed by atoms with Crippen molar-refractivity contribution in [3.63, 3.8) is 0 Å². The van der Waals surface area contributed by atoms with Crippen LogP contribution in [0.2, 0.25) is 0 Å². The zero-order chi connectivity index (χ0) is 7.98. The van der Waals surface area contributed by atoms with Gasteiger partial charge in [-0.15, -0.1) is 6.58 Å². The number of hydrogen-bond donors (Lipinski definition) is 1. The Labute approximate surface area is 60.0 Å². The molecular formula is C7H11NO2. The summed E-state index contributed by atoms with van der Waals surface area (Å²) in [5, 5.41) is 11.1. The van der Waals surface area contributed by atoms with E-state index in [4.69, 9.17) is 5.21 Å². The van der Waals surface area contributed by atoms with Crippen LogP contribution in [0.3, 0.4) is 0 Å². The van der Waals surface area contributed by atoms with E-state index in [1.54, 1.807) is 6.08 Å². The second kappa shape index (κ2) is 4.73. The molecule has 0 saturated heterocycles. The maximum Gasteiger partial charge on any atom is 0.177 e. The maximum absolute atomic E-state index is 10.6. The molecule has 0 radical (unpaired) electrons. The molecule has 56 valence electrons. The van der Waals surface area contributed by atoms with Crippen molar-refractivity contribution in [2.45, 2.75) is 19.8 Å². The van der Waals surface area contributed by atoms with Crippen LogP contribution < -0.4 is 0 Å². The Kier molecular flexibility index (Phi) is 4.20. The van der Waals surface area contributed by atoms with E-state index in [2.05, 4.69) is 11.7 Å². The Hall–Kier alpha value is -1.12. The minimum Gasteiger partial charge on any atom is -0.411 e. The lowest BCUT2D eigenvalue weighted by Crippen LogP contribution is -2.08. The van der Waals surface area contributed by atoms with E-state index >= 15 is 0 Å². The van der Waals surface area contributed by atoms with Crippen LogP contribution in [0, 0.1) is 0 Å². The minimum atomic E-state index is -0.190. The number of Topliss-reactive ketones (excluding diaryl/α,β-unsaturated/α-hetero) is 1. The Morgan fingerprint density at radius 1 is 1.80 bits per heavy atom. The first-order valence-corrected chi connectivity index (χ1v) is 3.05. The highest BCUT2D eigenvalue weighted by atomic mass is 16.4. The Morgan fingerprint density at radius 3 is 2.70 bits per heavy atom. The molecule has 0 aliphatic heterocycles. The minimum absolute atomic E-state index is 0.190. The summed E-state index contributed by atoms with van der Waals surface area (Å²) < 4.78 is 0. The van der Waals surface area contributed by atoms with Gasteiger partial charge in [0.15, 0.2) is 5.78 Å².